The minimum atomic E-state index is -0.750. The lowest BCUT2D eigenvalue weighted by molar-refractivity contribution is -0.125. The van der Waals surface area contributed by atoms with E-state index in [1.54, 1.807) is 12.1 Å². The van der Waals surface area contributed by atoms with Gasteiger partial charge in [0.2, 0.25) is 11.8 Å². The molecular formula is C31H30FN5O3S. The molecule has 10 heteroatoms. The number of para-hydroxylation sites is 1. The summed E-state index contributed by atoms with van der Waals surface area (Å²) in [5.74, 6) is -0.538. The number of thioether (sulfide) groups is 1. The van der Waals surface area contributed by atoms with Gasteiger partial charge in [-0.3, -0.25) is 19.4 Å². The highest BCUT2D eigenvalue weighted by Crippen LogP contribution is 2.36. The lowest BCUT2D eigenvalue weighted by Gasteiger charge is -2.27. The molecule has 3 amide bonds. The highest BCUT2D eigenvalue weighted by Gasteiger charge is 2.42. The van der Waals surface area contributed by atoms with Crippen molar-refractivity contribution < 1.29 is 18.8 Å². The van der Waals surface area contributed by atoms with Crippen molar-refractivity contribution in [2.45, 2.75) is 50.9 Å². The Labute approximate surface area is 242 Å². The topological polar surface area (TPSA) is 103 Å². The Kier molecular flexibility index (Phi) is 8.58. The number of aliphatic imine (C=N–C) groups is 2. The van der Waals surface area contributed by atoms with Crippen molar-refractivity contribution in [3.8, 4) is 0 Å². The highest BCUT2D eigenvalue weighted by molar-refractivity contribution is 8.15. The largest absolute Gasteiger partial charge is 0.352 e. The minimum absolute atomic E-state index is 0.0972. The van der Waals surface area contributed by atoms with Gasteiger partial charge in [0.1, 0.15) is 17.7 Å². The predicted molar refractivity (Wildman–Crippen MR) is 160 cm³/mol. The van der Waals surface area contributed by atoms with Gasteiger partial charge in [-0.15, -0.1) is 0 Å². The van der Waals surface area contributed by atoms with Crippen molar-refractivity contribution in [3.63, 3.8) is 0 Å². The first-order valence-electron chi connectivity index (χ1n) is 13.5. The summed E-state index contributed by atoms with van der Waals surface area (Å²) in [4.78, 5) is 50.3. The normalized spacial score (nSPS) is 16.3. The van der Waals surface area contributed by atoms with E-state index in [1.807, 2.05) is 62.4 Å². The molecule has 5 rings (SSSR count). The zero-order valence-electron chi connectivity index (χ0n) is 22.8. The minimum Gasteiger partial charge on any atom is -0.352 e. The Balaban J connectivity index is 1.28. The average Bonchev–Trinajstić information content (AvgIpc) is 3.30. The van der Waals surface area contributed by atoms with E-state index in [1.165, 1.54) is 28.8 Å². The maximum Gasteiger partial charge on any atom is 0.259 e. The van der Waals surface area contributed by atoms with Gasteiger partial charge < -0.3 is 10.6 Å². The van der Waals surface area contributed by atoms with Crippen LogP contribution in [0.25, 0.3) is 0 Å². The number of amides is 3. The van der Waals surface area contributed by atoms with Gasteiger partial charge in [0.05, 0.1) is 10.9 Å². The quantitative estimate of drug-likeness (QED) is 0.362. The molecule has 0 radical (unpaired) electrons. The molecule has 0 unspecified atom stereocenters. The number of carbonyl (C=O) groups is 3. The smallest absolute Gasteiger partial charge is 0.259 e. The summed E-state index contributed by atoms with van der Waals surface area (Å²) in [6, 6.07) is 20.2. The Hall–Kier alpha value is -4.31. The Bertz CT molecular complexity index is 1540. The highest BCUT2D eigenvalue weighted by atomic mass is 32.2. The molecule has 0 aliphatic carbocycles. The standard InChI is InChI=1S/C31H30FN5O3S/c1-3-26(29(39)34-22-8-6-7-19(2)17-22)41-31-36-24-10-5-4-9-23(24)28-35-25(30(40)37(28)31)15-16-27(38)33-18-20-11-13-21(32)14-12-20/h4-14,17,25-26H,3,15-16,18H2,1-2H3,(H,33,38)(H,34,39)/t25-,26+/m1/s1. The molecule has 2 atom stereocenters. The molecule has 0 saturated heterocycles. The van der Waals surface area contributed by atoms with Crippen LogP contribution in [0.5, 0.6) is 0 Å². The first kappa shape index (κ1) is 28.2. The summed E-state index contributed by atoms with van der Waals surface area (Å²) in [5, 5.41) is 5.67. The number of nitrogens with zero attached hydrogens (tertiary/aromatic N) is 3. The number of nitrogens with one attached hydrogen (secondary N) is 2. The van der Waals surface area contributed by atoms with Gasteiger partial charge in [-0.2, -0.15) is 0 Å². The van der Waals surface area contributed by atoms with E-state index >= 15 is 0 Å². The lowest BCUT2D eigenvalue weighted by Crippen LogP contribution is -2.42. The number of anilines is 1. The van der Waals surface area contributed by atoms with E-state index in [9.17, 15) is 18.8 Å². The van der Waals surface area contributed by atoms with Crippen molar-refractivity contribution in [1.29, 1.82) is 0 Å². The third kappa shape index (κ3) is 6.54. The molecule has 210 valence electrons. The Morgan fingerprint density at radius 3 is 2.61 bits per heavy atom. The van der Waals surface area contributed by atoms with Gasteiger partial charge in [-0.05, 0) is 67.3 Å². The molecule has 8 nitrogen and oxygen atoms in total. The Morgan fingerprint density at radius 1 is 1.07 bits per heavy atom. The molecule has 0 saturated carbocycles. The van der Waals surface area contributed by atoms with Crippen LogP contribution in [0.15, 0.2) is 82.8 Å². The van der Waals surface area contributed by atoms with Gasteiger partial charge in [-0.25, -0.2) is 14.3 Å². The number of carbonyl (C=O) groups excluding carboxylic acids is 3. The van der Waals surface area contributed by atoms with E-state index in [0.29, 0.717) is 28.8 Å². The molecule has 3 aromatic rings. The van der Waals surface area contributed by atoms with Gasteiger partial charge in [0.25, 0.3) is 5.91 Å². The number of benzene rings is 3. The van der Waals surface area contributed by atoms with E-state index < -0.39 is 11.3 Å². The zero-order valence-corrected chi connectivity index (χ0v) is 23.6. The molecule has 0 aromatic heterocycles. The molecule has 2 heterocycles. The molecule has 2 aliphatic rings. The fourth-order valence-electron chi connectivity index (χ4n) is 4.62. The van der Waals surface area contributed by atoms with Crippen molar-refractivity contribution in [2.75, 3.05) is 5.32 Å². The fourth-order valence-corrected chi connectivity index (χ4v) is 5.64. The summed E-state index contributed by atoms with van der Waals surface area (Å²) in [6.45, 7) is 4.14. The molecule has 2 aliphatic heterocycles. The number of fused-ring (bicyclic) bond motifs is 3. The molecule has 0 bridgehead atoms. The number of rotatable bonds is 9. The maximum absolute atomic E-state index is 13.6. The molecule has 0 fully saturated rings. The maximum atomic E-state index is 13.6. The number of aryl methyl sites for hydroxylation is 1. The van der Waals surface area contributed by atoms with Crippen molar-refractivity contribution in [1.82, 2.24) is 10.2 Å². The van der Waals surface area contributed by atoms with Crippen molar-refractivity contribution in [2.24, 2.45) is 9.98 Å². The second kappa shape index (κ2) is 12.5. The molecular weight excluding hydrogens is 541 g/mol. The van der Waals surface area contributed by atoms with E-state index in [2.05, 4.69) is 10.6 Å². The van der Waals surface area contributed by atoms with Crippen LogP contribution < -0.4 is 10.6 Å². The third-order valence-corrected chi connectivity index (χ3v) is 8.11. The van der Waals surface area contributed by atoms with E-state index in [4.69, 9.17) is 9.98 Å². The zero-order chi connectivity index (χ0) is 28.9. The molecule has 41 heavy (non-hydrogen) atoms. The first-order chi connectivity index (χ1) is 19.8. The average molecular weight is 572 g/mol. The molecule has 3 aromatic carbocycles. The lowest BCUT2D eigenvalue weighted by atomic mass is 10.1. The summed E-state index contributed by atoms with van der Waals surface area (Å²) in [6.07, 6.45) is 0.842. The van der Waals surface area contributed by atoms with Crippen molar-refractivity contribution in [3.05, 3.63) is 95.3 Å². The van der Waals surface area contributed by atoms with Crippen LogP contribution in [0.4, 0.5) is 15.8 Å². The summed E-state index contributed by atoms with van der Waals surface area (Å²) >= 11 is 1.23. The number of hydrogen-bond acceptors (Lipinski definition) is 6. The monoisotopic (exact) mass is 571 g/mol. The van der Waals surface area contributed by atoms with Crippen LogP contribution in [0.3, 0.4) is 0 Å². The van der Waals surface area contributed by atoms with Crippen LogP contribution in [-0.4, -0.2) is 44.9 Å². The van der Waals surface area contributed by atoms with Gasteiger partial charge >= 0.3 is 0 Å². The van der Waals surface area contributed by atoms with Gasteiger partial charge in [0.15, 0.2) is 5.17 Å². The van der Waals surface area contributed by atoms with Crippen LogP contribution in [0.1, 0.15) is 42.9 Å². The van der Waals surface area contributed by atoms with Crippen LogP contribution >= 0.6 is 11.8 Å². The second-order valence-corrected chi connectivity index (χ2v) is 11.0. The molecule has 0 spiro atoms. The molecule has 2 N–H and O–H groups in total. The van der Waals surface area contributed by atoms with Gasteiger partial charge in [-0.1, -0.05) is 55.1 Å². The number of halogens is 1. The van der Waals surface area contributed by atoms with Gasteiger partial charge in [0, 0.05) is 24.2 Å². The van der Waals surface area contributed by atoms with Crippen LogP contribution in [0.2, 0.25) is 0 Å². The SMILES string of the molecule is CC[C@H](SC1=Nc2ccccc2C2=N[C@H](CCC(=O)NCc3ccc(F)cc3)C(=O)N12)C(=O)Nc1cccc(C)c1. The third-order valence-electron chi connectivity index (χ3n) is 6.79. The van der Waals surface area contributed by atoms with Crippen LogP contribution in [-0.2, 0) is 20.9 Å². The summed E-state index contributed by atoms with van der Waals surface area (Å²) in [7, 11) is 0. The summed E-state index contributed by atoms with van der Waals surface area (Å²) in [5.41, 5.74) is 3.92. The number of amidine groups is 2. The number of hydrogen-bond donors (Lipinski definition) is 2. The van der Waals surface area contributed by atoms with E-state index in [0.717, 1.165) is 16.7 Å². The van der Waals surface area contributed by atoms with E-state index in [-0.39, 0.29) is 42.9 Å². The van der Waals surface area contributed by atoms with Crippen LogP contribution in [0, 0.1) is 12.7 Å². The fraction of sp³-hybridized carbons (Fsp3) is 0.258. The summed E-state index contributed by atoms with van der Waals surface area (Å²) < 4.78 is 13.1. The van der Waals surface area contributed by atoms with Crippen molar-refractivity contribution >= 4 is 51.9 Å². The second-order valence-electron chi connectivity index (χ2n) is 9.87. The first-order valence-corrected chi connectivity index (χ1v) is 14.4. The predicted octanol–water partition coefficient (Wildman–Crippen LogP) is 5.34. The Morgan fingerprint density at radius 2 is 1.85 bits per heavy atom.